The number of rotatable bonds is 5. The largest absolute Gasteiger partial charge is 0.501 e. The van der Waals surface area contributed by atoms with Crippen molar-refractivity contribution in [1.29, 1.82) is 0 Å². The fourth-order valence-electron chi connectivity index (χ4n) is 2.15. The first-order chi connectivity index (χ1) is 10.6. The minimum atomic E-state index is -5.44. The van der Waals surface area contributed by atoms with Gasteiger partial charge in [0.2, 0.25) is 5.91 Å². The van der Waals surface area contributed by atoms with Crippen LogP contribution in [-0.4, -0.2) is 32.1 Å². The molecule has 2 rings (SSSR count). The summed E-state index contributed by atoms with van der Waals surface area (Å²) >= 11 is 0. The van der Waals surface area contributed by atoms with Crippen molar-refractivity contribution in [2.45, 2.75) is 23.7 Å². The summed E-state index contributed by atoms with van der Waals surface area (Å²) in [6.07, 6.45) is 0.279. The van der Waals surface area contributed by atoms with Crippen LogP contribution in [0.4, 0.5) is 18.9 Å². The highest BCUT2D eigenvalue weighted by Crippen LogP contribution is 2.34. The SMILES string of the molecule is CC1=NNC(=O)C1CCNc1ccccc1S(=O)(=O)C(F)(F)F. The van der Waals surface area contributed by atoms with Crippen LogP contribution in [0, 0.1) is 5.92 Å². The molecule has 0 aromatic heterocycles. The molecular weight excluding hydrogens is 335 g/mol. The maximum absolute atomic E-state index is 12.7. The first kappa shape index (κ1) is 17.3. The van der Waals surface area contributed by atoms with Gasteiger partial charge >= 0.3 is 5.51 Å². The number of nitrogens with zero attached hydrogens (tertiary/aromatic N) is 1. The summed E-state index contributed by atoms with van der Waals surface area (Å²) in [5, 5.41) is 6.40. The molecule has 0 spiro atoms. The van der Waals surface area contributed by atoms with Gasteiger partial charge in [-0.25, -0.2) is 13.8 Å². The van der Waals surface area contributed by atoms with E-state index in [2.05, 4.69) is 15.8 Å². The lowest BCUT2D eigenvalue weighted by Crippen LogP contribution is -2.26. The van der Waals surface area contributed by atoms with Crippen LogP contribution in [0.2, 0.25) is 0 Å². The maximum atomic E-state index is 12.7. The fourth-order valence-corrected chi connectivity index (χ4v) is 3.09. The van der Waals surface area contributed by atoms with Gasteiger partial charge < -0.3 is 5.32 Å². The van der Waals surface area contributed by atoms with E-state index in [4.69, 9.17) is 0 Å². The van der Waals surface area contributed by atoms with Crippen LogP contribution in [0.15, 0.2) is 34.3 Å². The van der Waals surface area contributed by atoms with Crippen molar-refractivity contribution < 1.29 is 26.4 Å². The zero-order valence-corrected chi connectivity index (χ0v) is 12.8. The predicted molar refractivity (Wildman–Crippen MR) is 77.5 cm³/mol. The minimum Gasteiger partial charge on any atom is -0.384 e. The average molecular weight is 349 g/mol. The van der Waals surface area contributed by atoms with E-state index in [1.807, 2.05) is 0 Å². The predicted octanol–water partition coefficient (Wildman–Crippen LogP) is 1.90. The van der Waals surface area contributed by atoms with Gasteiger partial charge in [-0.1, -0.05) is 12.1 Å². The molecule has 1 aromatic rings. The van der Waals surface area contributed by atoms with E-state index < -0.39 is 26.2 Å². The molecule has 0 bridgehead atoms. The Morgan fingerprint density at radius 1 is 1.30 bits per heavy atom. The molecule has 1 aromatic carbocycles. The molecule has 1 aliphatic rings. The van der Waals surface area contributed by atoms with E-state index in [-0.39, 0.29) is 24.6 Å². The summed E-state index contributed by atoms with van der Waals surface area (Å²) in [6, 6.07) is 4.77. The highest BCUT2D eigenvalue weighted by atomic mass is 32.2. The Bertz CT molecular complexity index is 744. The van der Waals surface area contributed by atoms with Gasteiger partial charge in [-0.2, -0.15) is 18.3 Å². The summed E-state index contributed by atoms with van der Waals surface area (Å²) in [4.78, 5) is 10.6. The molecule has 23 heavy (non-hydrogen) atoms. The van der Waals surface area contributed by atoms with Gasteiger partial charge in [0.1, 0.15) is 0 Å². The maximum Gasteiger partial charge on any atom is 0.501 e. The summed E-state index contributed by atoms with van der Waals surface area (Å²) < 4.78 is 61.2. The number of anilines is 1. The van der Waals surface area contributed by atoms with Gasteiger partial charge in [0.25, 0.3) is 9.84 Å². The molecule has 1 heterocycles. The summed E-state index contributed by atoms with van der Waals surface area (Å²) in [5.74, 6) is -0.769. The van der Waals surface area contributed by atoms with Crippen LogP contribution in [0.1, 0.15) is 13.3 Å². The number of halogens is 3. The van der Waals surface area contributed by atoms with Crippen LogP contribution >= 0.6 is 0 Å². The number of carbonyl (C=O) groups excluding carboxylic acids is 1. The number of alkyl halides is 3. The third-order valence-corrected chi connectivity index (χ3v) is 4.94. The van der Waals surface area contributed by atoms with Crippen LogP contribution in [0.3, 0.4) is 0 Å². The lowest BCUT2D eigenvalue weighted by Gasteiger charge is -2.15. The molecule has 0 radical (unpaired) electrons. The highest BCUT2D eigenvalue weighted by Gasteiger charge is 2.47. The molecule has 10 heteroatoms. The van der Waals surface area contributed by atoms with Crippen molar-refractivity contribution in [2.24, 2.45) is 11.0 Å². The van der Waals surface area contributed by atoms with Crippen LogP contribution in [0.5, 0.6) is 0 Å². The second-order valence-corrected chi connectivity index (χ2v) is 6.85. The second-order valence-electron chi connectivity index (χ2n) is 4.94. The van der Waals surface area contributed by atoms with Crippen molar-refractivity contribution in [3.05, 3.63) is 24.3 Å². The smallest absolute Gasteiger partial charge is 0.384 e. The quantitative estimate of drug-likeness (QED) is 0.850. The standard InChI is InChI=1S/C13H14F3N3O3S/c1-8-9(12(20)19-18-8)6-7-17-10-4-2-3-5-11(10)23(21,22)13(14,15)16/h2-5,9,17H,6-7H2,1H3,(H,19,20). The molecule has 1 amide bonds. The first-order valence-electron chi connectivity index (χ1n) is 6.63. The van der Waals surface area contributed by atoms with Crippen molar-refractivity contribution in [3.63, 3.8) is 0 Å². The van der Waals surface area contributed by atoms with E-state index in [9.17, 15) is 26.4 Å². The first-order valence-corrected chi connectivity index (χ1v) is 8.11. The molecule has 1 aliphatic heterocycles. The number of hydrazone groups is 1. The molecule has 1 atom stereocenters. The Hall–Kier alpha value is -2.10. The summed E-state index contributed by atoms with van der Waals surface area (Å²) in [7, 11) is -5.44. The third-order valence-electron chi connectivity index (χ3n) is 3.39. The van der Waals surface area contributed by atoms with E-state index >= 15 is 0 Å². The molecule has 0 aliphatic carbocycles. The highest BCUT2D eigenvalue weighted by molar-refractivity contribution is 7.92. The van der Waals surface area contributed by atoms with Crippen molar-refractivity contribution >= 4 is 27.1 Å². The molecule has 126 valence electrons. The van der Waals surface area contributed by atoms with Crippen LogP contribution in [-0.2, 0) is 14.6 Å². The number of carbonyl (C=O) groups is 1. The van der Waals surface area contributed by atoms with E-state index in [0.29, 0.717) is 5.71 Å². The lowest BCUT2D eigenvalue weighted by molar-refractivity contribution is -0.122. The van der Waals surface area contributed by atoms with E-state index in [0.717, 1.165) is 6.07 Å². The molecule has 6 nitrogen and oxygen atoms in total. The number of benzene rings is 1. The Morgan fingerprint density at radius 2 is 1.96 bits per heavy atom. The van der Waals surface area contributed by atoms with Gasteiger partial charge in [0, 0.05) is 12.3 Å². The number of amides is 1. The lowest BCUT2D eigenvalue weighted by atomic mass is 10.0. The van der Waals surface area contributed by atoms with Gasteiger partial charge in [0.15, 0.2) is 0 Å². The molecule has 0 saturated heterocycles. The van der Waals surface area contributed by atoms with E-state index in [1.54, 1.807) is 6.92 Å². The zero-order chi connectivity index (χ0) is 17.3. The number of para-hydroxylation sites is 1. The van der Waals surface area contributed by atoms with Crippen LogP contribution in [0.25, 0.3) is 0 Å². The Labute approximate surface area is 130 Å². The van der Waals surface area contributed by atoms with Crippen molar-refractivity contribution in [3.8, 4) is 0 Å². The molecule has 2 N–H and O–H groups in total. The Kier molecular flexibility index (Phi) is 4.64. The molecule has 1 unspecified atom stereocenters. The number of hydrogen-bond donors (Lipinski definition) is 2. The number of hydrogen-bond acceptors (Lipinski definition) is 5. The monoisotopic (exact) mass is 349 g/mol. The Morgan fingerprint density at radius 3 is 2.52 bits per heavy atom. The normalized spacial score (nSPS) is 18.5. The zero-order valence-electron chi connectivity index (χ0n) is 12.0. The molecular formula is C13H14F3N3O3S. The van der Waals surface area contributed by atoms with Gasteiger partial charge in [-0.05, 0) is 25.5 Å². The van der Waals surface area contributed by atoms with Crippen LogP contribution < -0.4 is 10.7 Å². The summed E-state index contributed by atoms with van der Waals surface area (Å²) in [6.45, 7) is 1.78. The topological polar surface area (TPSA) is 87.6 Å². The third kappa shape index (κ3) is 3.46. The van der Waals surface area contributed by atoms with Gasteiger partial charge in [0.05, 0.1) is 16.5 Å². The van der Waals surface area contributed by atoms with Crippen molar-refractivity contribution in [1.82, 2.24) is 5.43 Å². The minimum absolute atomic E-state index is 0.120. The van der Waals surface area contributed by atoms with Gasteiger partial charge in [-0.3, -0.25) is 4.79 Å². The molecule has 0 saturated carbocycles. The fraction of sp³-hybridized carbons (Fsp3) is 0.385. The van der Waals surface area contributed by atoms with Crippen molar-refractivity contribution in [2.75, 3.05) is 11.9 Å². The van der Waals surface area contributed by atoms with Gasteiger partial charge in [-0.15, -0.1) is 0 Å². The molecule has 0 fully saturated rings. The second kappa shape index (κ2) is 6.19. The number of sulfone groups is 1. The Balaban J connectivity index is 2.13. The van der Waals surface area contributed by atoms with E-state index in [1.165, 1.54) is 18.2 Å². The number of nitrogens with one attached hydrogen (secondary N) is 2. The average Bonchev–Trinajstić information content (AvgIpc) is 2.78. The summed E-state index contributed by atoms with van der Waals surface area (Å²) in [5.41, 5.74) is -2.65.